The number of carbonyl (C=O) groups excluding carboxylic acids is 1. The molecule has 2 atom stereocenters. The minimum atomic E-state index is -1.02. The zero-order valence-corrected chi connectivity index (χ0v) is 15.7. The van der Waals surface area contributed by atoms with Crippen LogP contribution < -0.4 is 5.32 Å². The van der Waals surface area contributed by atoms with Crippen LogP contribution in [-0.2, 0) is 14.3 Å². The summed E-state index contributed by atoms with van der Waals surface area (Å²) in [7, 11) is 0. The summed E-state index contributed by atoms with van der Waals surface area (Å²) >= 11 is 5.76. The Kier molecular flexibility index (Phi) is 7.97. The first-order chi connectivity index (χ1) is 12.9. The van der Waals surface area contributed by atoms with E-state index in [0.717, 1.165) is 0 Å². The van der Waals surface area contributed by atoms with Crippen molar-refractivity contribution in [3.05, 3.63) is 58.5 Å². The molecule has 6 nitrogen and oxygen atoms in total. The highest BCUT2D eigenvalue weighted by Crippen LogP contribution is 2.30. The Balaban J connectivity index is 2.16. The predicted octanol–water partition coefficient (Wildman–Crippen LogP) is 2.76. The van der Waals surface area contributed by atoms with Crippen LogP contribution in [0.15, 0.2) is 42.1 Å². The Morgan fingerprint density at radius 2 is 2.30 bits per heavy atom. The van der Waals surface area contributed by atoms with Gasteiger partial charge in [0.15, 0.2) is 0 Å². The van der Waals surface area contributed by atoms with E-state index in [9.17, 15) is 14.0 Å². The van der Waals surface area contributed by atoms with Gasteiger partial charge < -0.3 is 20.1 Å². The number of hydrogen-bond donors (Lipinski definition) is 2. The van der Waals surface area contributed by atoms with E-state index in [0.29, 0.717) is 38.2 Å². The van der Waals surface area contributed by atoms with Crippen molar-refractivity contribution >= 4 is 24.0 Å². The summed E-state index contributed by atoms with van der Waals surface area (Å²) in [5.41, 5.74) is 0.813. The normalized spacial score (nSPS) is 21.1. The third-order valence-electron chi connectivity index (χ3n) is 4.22. The van der Waals surface area contributed by atoms with Gasteiger partial charge in [0.25, 0.3) is 0 Å². The van der Waals surface area contributed by atoms with E-state index >= 15 is 0 Å². The van der Waals surface area contributed by atoms with Gasteiger partial charge in [-0.2, -0.15) is 0 Å². The molecule has 1 heterocycles. The van der Waals surface area contributed by atoms with Gasteiger partial charge in [-0.15, -0.1) is 0 Å². The van der Waals surface area contributed by atoms with E-state index in [4.69, 9.17) is 21.4 Å². The molecule has 1 saturated heterocycles. The lowest BCUT2D eigenvalue weighted by Crippen LogP contribution is -2.33. The fraction of sp³-hybridized carbons (Fsp3) is 0.368. The minimum Gasteiger partial charge on any atom is -0.478 e. The first-order valence-electron chi connectivity index (χ1n) is 8.49. The van der Waals surface area contributed by atoms with Crippen LogP contribution in [0.1, 0.15) is 18.6 Å². The summed E-state index contributed by atoms with van der Waals surface area (Å²) in [4.78, 5) is 23.6. The van der Waals surface area contributed by atoms with E-state index < -0.39 is 17.9 Å². The average molecular weight is 397 g/mol. The Morgan fingerprint density at radius 1 is 1.52 bits per heavy atom. The van der Waals surface area contributed by atoms with Gasteiger partial charge in [-0.1, -0.05) is 23.7 Å². The summed E-state index contributed by atoms with van der Waals surface area (Å²) in [5, 5.41) is 12.1. The molecular weight excluding hydrogens is 375 g/mol. The highest BCUT2D eigenvalue weighted by atomic mass is 35.5. The summed E-state index contributed by atoms with van der Waals surface area (Å²) in [6, 6.07) is 4.56. The number of hydrogen-bond acceptors (Lipinski definition) is 4. The smallest absolute Gasteiger partial charge is 0.331 e. The summed E-state index contributed by atoms with van der Waals surface area (Å²) in [6.45, 7) is 3.48. The Morgan fingerprint density at radius 3 is 2.96 bits per heavy atom. The molecule has 0 saturated carbocycles. The van der Waals surface area contributed by atoms with Crippen LogP contribution in [0, 0.1) is 11.7 Å². The molecule has 0 spiro atoms. The Labute approximate surface area is 162 Å². The van der Waals surface area contributed by atoms with Gasteiger partial charge in [0.05, 0.1) is 17.7 Å². The average Bonchev–Trinajstić information content (AvgIpc) is 2.88. The third-order valence-corrected chi connectivity index (χ3v) is 4.53. The largest absolute Gasteiger partial charge is 0.478 e. The molecular formula is C19H22ClFN2O4. The number of nitrogens with zero attached hydrogens (tertiary/aromatic N) is 1. The van der Waals surface area contributed by atoms with Crippen molar-refractivity contribution in [2.24, 2.45) is 5.92 Å². The first-order valence-corrected chi connectivity index (χ1v) is 8.87. The highest BCUT2D eigenvalue weighted by molar-refractivity contribution is 6.30. The zero-order chi connectivity index (χ0) is 19.8. The predicted molar refractivity (Wildman–Crippen MR) is 99.8 cm³/mol. The lowest BCUT2D eigenvalue weighted by Gasteiger charge is -2.28. The maximum atomic E-state index is 13.9. The quantitative estimate of drug-likeness (QED) is 0.421. The van der Waals surface area contributed by atoms with Crippen LogP contribution in [0.25, 0.3) is 0 Å². The number of aliphatic carboxylic acids is 1. The van der Waals surface area contributed by atoms with E-state index in [2.05, 4.69) is 5.32 Å². The second-order valence-corrected chi connectivity index (χ2v) is 6.63. The first kappa shape index (κ1) is 21.1. The molecule has 0 bridgehead atoms. The van der Waals surface area contributed by atoms with Crippen molar-refractivity contribution < 1.29 is 23.8 Å². The molecule has 27 heavy (non-hydrogen) atoms. The number of amides is 1. The van der Waals surface area contributed by atoms with Gasteiger partial charge >= 0.3 is 5.97 Å². The SMILES string of the molecule is CC(=CC=CN(C=O)CC1CNCCOC1c1ccc(Cl)c(F)c1)C(=O)O. The molecule has 0 aromatic heterocycles. The number of carbonyl (C=O) groups is 2. The highest BCUT2D eigenvalue weighted by Gasteiger charge is 2.28. The molecule has 1 amide bonds. The molecule has 1 fully saturated rings. The van der Waals surface area contributed by atoms with Crippen LogP contribution in [0.3, 0.4) is 0 Å². The maximum absolute atomic E-state index is 13.9. The molecule has 8 heteroatoms. The van der Waals surface area contributed by atoms with Crippen LogP contribution in [0.2, 0.25) is 5.02 Å². The van der Waals surface area contributed by atoms with Gasteiger partial charge in [0, 0.05) is 37.3 Å². The van der Waals surface area contributed by atoms with Crippen LogP contribution in [0.5, 0.6) is 0 Å². The van der Waals surface area contributed by atoms with Gasteiger partial charge in [-0.05, 0) is 30.7 Å². The number of nitrogens with one attached hydrogen (secondary N) is 1. The van der Waals surface area contributed by atoms with Gasteiger partial charge in [0.2, 0.25) is 6.41 Å². The monoisotopic (exact) mass is 396 g/mol. The summed E-state index contributed by atoms with van der Waals surface area (Å²) < 4.78 is 19.8. The summed E-state index contributed by atoms with van der Waals surface area (Å²) in [6.07, 6.45) is 4.67. The minimum absolute atomic E-state index is 0.0417. The van der Waals surface area contributed by atoms with Crippen molar-refractivity contribution in [1.29, 1.82) is 0 Å². The maximum Gasteiger partial charge on any atom is 0.331 e. The Hall–Kier alpha value is -2.22. The second kappa shape index (κ2) is 10.2. The van der Waals surface area contributed by atoms with Crippen molar-refractivity contribution in [3.8, 4) is 0 Å². The molecule has 0 radical (unpaired) electrons. The van der Waals surface area contributed by atoms with Gasteiger partial charge in [0.1, 0.15) is 5.82 Å². The Bertz CT molecular complexity index is 738. The van der Waals surface area contributed by atoms with E-state index in [1.165, 1.54) is 42.3 Å². The van der Waals surface area contributed by atoms with Crippen LogP contribution in [0.4, 0.5) is 4.39 Å². The third kappa shape index (κ3) is 6.16. The van der Waals surface area contributed by atoms with Crippen LogP contribution >= 0.6 is 11.6 Å². The van der Waals surface area contributed by atoms with Gasteiger partial charge in [-0.3, -0.25) is 4.79 Å². The number of carboxylic acids is 1. The molecule has 1 aromatic carbocycles. The van der Waals surface area contributed by atoms with Crippen molar-refractivity contribution in [3.63, 3.8) is 0 Å². The number of benzene rings is 1. The number of ether oxygens (including phenoxy) is 1. The molecule has 1 aliphatic heterocycles. The molecule has 146 valence electrons. The molecule has 2 rings (SSSR count). The fourth-order valence-corrected chi connectivity index (χ4v) is 2.90. The second-order valence-electron chi connectivity index (χ2n) is 6.23. The van der Waals surface area contributed by atoms with Crippen molar-refractivity contribution in [1.82, 2.24) is 10.2 Å². The van der Waals surface area contributed by atoms with Crippen molar-refractivity contribution in [2.45, 2.75) is 13.0 Å². The molecule has 2 unspecified atom stereocenters. The summed E-state index contributed by atoms with van der Waals surface area (Å²) in [5.74, 6) is -1.67. The standard InChI is InChI=1S/C19H22ClFN2O4/c1-13(19(25)26)3-2-7-23(12-24)11-15-10-22-6-8-27-18(15)14-4-5-16(20)17(21)9-14/h2-5,7,9,12,15,18,22H,6,8,10-11H2,1H3,(H,25,26). The number of rotatable bonds is 7. The fourth-order valence-electron chi connectivity index (χ4n) is 2.79. The number of allylic oxidation sites excluding steroid dienone is 2. The zero-order valence-electron chi connectivity index (χ0n) is 14.9. The molecule has 1 aromatic rings. The van der Waals surface area contributed by atoms with Gasteiger partial charge in [-0.25, -0.2) is 9.18 Å². The van der Waals surface area contributed by atoms with E-state index in [1.807, 2.05) is 0 Å². The number of halogens is 2. The topological polar surface area (TPSA) is 78.9 Å². The number of carboxylic acid groups (broad SMARTS) is 1. The van der Waals surface area contributed by atoms with Crippen molar-refractivity contribution in [2.75, 3.05) is 26.2 Å². The van der Waals surface area contributed by atoms with E-state index in [-0.39, 0.29) is 16.5 Å². The molecule has 0 aliphatic carbocycles. The molecule has 1 aliphatic rings. The van der Waals surface area contributed by atoms with Crippen LogP contribution in [-0.4, -0.2) is 48.6 Å². The van der Waals surface area contributed by atoms with E-state index in [1.54, 1.807) is 6.07 Å². The lowest BCUT2D eigenvalue weighted by atomic mass is 9.95. The lowest BCUT2D eigenvalue weighted by molar-refractivity contribution is -0.132. The molecule has 2 N–H and O–H groups in total.